The third-order valence-corrected chi connectivity index (χ3v) is 3.46. The normalized spacial score (nSPS) is 12.6. The van der Waals surface area contributed by atoms with E-state index in [2.05, 4.69) is 15.0 Å². The van der Waals surface area contributed by atoms with Crippen LogP contribution in [0.15, 0.2) is 59.6 Å². The van der Waals surface area contributed by atoms with Crippen LogP contribution in [-0.2, 0) is 4.79 Å². The Balaban J connectivity index is 2.47. The number of nitrogens with zero attached hydrogens (tertiary/aromatic N) is 1. The number of benzene rings is 2. The van der Waals surface area contributed by atoms with Gasteiger partial charge in [0.05, 0.1) is 0 Å². The molecule has 0 heterocycles. The number of anilines is 1. The quantitative estimate of drug-likeness (QED) is 0.682. The van der Waals surface area contributed by atoms with Crippen LogP contribution < -0.4 is 10.1 Å². The van der Waals surface area contributed by atoms with Crippen molar-refractivity contribution in [3.05, 3.63) is 65.2 Å². The van der Waals surface area contributed by atoms with Crippen LogP contribution in [0.3, 0.4) is 0 Å². The van der Waals surface area contributed by atoms with Gasteiger partial charge in [-0.2, -0.15) is 0 Å². The standard InChI is InChI=1S/C18H14ClF3N2O3/c1-23-16(17(25)26)10-15(24-13-6-3-5-12(19)9-13)11-4-2-7-14(8-11)27-18(20,21)22/h2-10,24H,1H3,(H,25,26)/b15-10-,23-16+. The molecule has 0 aliphatic heterocycles. The molecule has 0 saturated carbocycles. The smallest absolute Gasteiger partial charge is 0.477 e. The third-order valence-electron chi connectivity index (χ3n) is 3.22. The summed E-state index contributed by atoms with van der Waals surface area (Å²) in [6, 6.07) is 11.7. The Bertz CT molecular complexity index is 895. The number of carbonyl (C=O) groups is 1. The van der Waals surface area contributed by atoms with Crippen LogP contribution in [0.25, 0.3) is 5.70 Å². The van der Waals surface area contributed by atoms with Crippen LogP contribution in [0, 0.1) is 0 Å². The molecule has 142 valence electrons. The average Bonchev–Trinajstić information content (AvgIpc) is 2.57. The number of aliphatic imine (C=N–C) groups is 1. The van der Waals surface area contributed by atoms with Gasteiger partial charge in [0.25, 0.3) is 0 Å². The number of carboxylic acids is 1. The van der Waals surface area contributed by atoms with Gasteiger partial charge in [-0.25, -0.2) is 4.79 Å². The number of nitrogens with one attached hydrogen (secondary N) is 1. The fourth-order valence-electron chi connectivity index (χ4n) is 2.13. The van der Waals surface area contributed by atoms with Crippen molar-refractivity contribution in [1.29, 1.82) is 0 Å². The molecule has 2 N–H and O–H groups in total. The van der Waals surface area contributed by atoms with Crippen LogP contribution >= 0.6 is 11.6 Å². The summed E-state index contributed by atoms with van der Waals surface area (Å²) in [6.07, 6.45) is -3.64. The molecule has 0 atom stereocenters. The minimum absolute atomic E-state index is 0.202. The summed E-state index contributed by atoms with van der Waals surface area (Å²) in [5.74, 6) is -1.73. The van der Waals surface area contributed by atoms with Crippen molar-refractivity contribution in [2.24, 2.45) is 4.99 Å². The topological polar surface area (TPSA) is 70.9 Å². The lowest BCUT2D eigenvalue weighted by Crippen LogP contribution is -2.17. The average molecular weight is 399 g/mol. The van der Waals surface area contributed by atoms with Gasteiger partial charge in [-0.1, -0.05) is 29.8 Å². The SMILES string of the molecule is C/N=C(\C=C(/Nc1cccc(Cl)c1)c1cccc(OC(F)(F)F)c1)C(=O)O. The summed E-state index contributed by atoms with van der Waals surface area (Å²) < 4.78 is 41.3. The van der Waals surface area contributed by atoms with Gasteiger partial charge in [0.15, 0.2) is 0 Å². The summed E-state index contributed by atoms with van der Waals surface area (Å²) in [5.41, 5.74) is 0.686. The molecule has 2 aromatic rings. The monoisotopic (exact) mass is 398 g/mol. The third kappa shape index (κ3) is 6.34. The highest BCUT2D eigenvalue weighted by Crippen LogP contribution is 2.27. The summed E-state index contributed by atoms with van der Waals surface area (Å²) >= 11 is 5.93. The van der Waals surface area contributed by atoms with Gasteiger partial charge in [-0.3, -0.25) is 4.99 Å². The second-order valence-electron chi connectivity index (χ2n) is 5.18. The molecular formula is C18H14ClF3N2O3. The Morgan fingerprint density at radius 3 is 2.52 bits per heavy atom. The van der Waals surface area contributed by atoms with E-state index in [0.29, 0.717) is 10.7 Å². The molecule has 0 aliphatic rings. The Morgan fingerprint density at radius 2 is 1.93 bits per heavy atom. The molecule has 0 spiro atoms. The first-order chi connectivity index (χ1) is 12.7. The van der Waals surface area contributed by atoms with Crippen molar-refractivity contribution in [2.75, 3.05) is 12.4 Å². The fourth-order valence-corrected chi connectivity index (χ4v) is 2.32. The van der Waals surface area contributed by atoms with Crippen molar-refractivity contribution >= 4 is 34.7 Å². The number of aliphatic carboxylic acids is 1. The van der Waals surface area contributed by atoms with Gasteiger partial charge in [0.1, 0.15) is 11.5 Å². The lowest BCUT2D eigenvalue weighted by molar-refractivity contribution is -0.274. The molecular weight excluding hydrogens is 385 g/mol. The van der Waals surface area contributed by atoms with Crippen LogP contribution in [-0.4, -0.2) is 30.2 Å². The van der Waals surface area contributed by atoms with Crippen molar-refractivity contribution < 1.29 is 27.8 Å². The summed E-state index contributed by atoms with van der Waals surface area (Å²) in [4.78, 5) is 14.9. The molecule has 27 heavy (non-hydrogen) atoms. The van der Waals surface area contributed by atoms with Gasteiger partial charge in [0.2, 0.25) is 0 Å². The highest BCUT2D eigenvalue weighted by atomic mass is 35.5. The van der Waals surface area contributed by atoms with E-state index < -0.39 is 18.1 Å². The highest BCUT2D eigenvalue weighted by molar-refractivity contribution is 6.41. The zero-order chi connectivity index (χ0) is 20.0. The lowest BCUT2D eigenvalue weighted by atomic mass is 10.1. The van der Waals surface area contributed by atoms with Gasteiger partial charge in [-0.15, -0.1) is 13.2 Å². The number of rotatable bonds is 6. The number of alkyl halides is 3. The Labute approximate surface area is 157 Å². The van der Waals surface area contributed by atoms with E-state index in [1.807, 2.05) is 0 Å². The second-order valence-corrected chi connectivity index (χ2v) is 5.62. The van der Waals surface area contributed by atoms with Crippen molar-refractivity contribution in [2.45, 2.75) is 6.36 Å². The molecule has 0 fully saturated rings. The van der Waals surface area contributed by atoms with Gasteiger partial charge in [-0.05, 0) is 36.4 Å². The van der Waals surface area contributed by atoms with Crippen molar-refractivity contribution in [3.63, 3.8) is 0 Å². The maximum absolute atomic E-state index is 12.5. The molecule has 0 saturated heterocycles. The molecule has 0 radical (unpaired) electrons. The molecule has 9 heteroatoms. The highest BCUT2D eigenvalue weighted by Gasteiger charge is 2.31. The van der Waals surface area contributed by atoms with E-state index in [-0.39, 0.29) is 17.0 Å². The molecule has 0 amide bonds. The van der Waals surface area contributed by atoms with Crippen LogP contribution in [0.5, 0.6) is 5.75 Å². The number of halogens is 4. The second kappa shape index (κ2) is 8.59. The maximum atomic E-state index is 12.5. The maximum Gasteiger partial charge on any atom is 0.573 e. The van der Waals surface area contributed by atoms with Gasteiger partial charge < -0.3 is 15.2 Å². The molecule has 5 nitrogen and oxygen atoms in total. The molecule has 0 unspecified atom stereocenters. The first kappa shape index (κ1) is 20.3. The Hall–Kier alpha value is -3.00. The summed E-state index contributed by atoms with van der Waals surface area (Å²) in [6.45, 7) is 0. The Morgan fingerprint density at radius 1 is 1.22 bits per heavy atom. The van der Waals surface area contributed by atoms with Crippen LogP contribution in [0.4, 0.5) is 18.9 Å². The number of hydrogen-bond acceptors (Lipinski definition) is 4. The van der Waals surface area contributed by atoms with E-state index in [1.54, 1.807) is 24.3 Å². The van der Waals surface area contributed by atoms with Crippen LogP contribution in [0.2, 0.25) is 5.02 Å². The summed E-state index contributed by atoms with van der Waals surface area (Å²) in [5, 5.41) is 12.6. The number of hydrogen-bond donors (Lipinski definition) is 2. The number of carboxylic acid groups (broad SMARTS) is 1. The minimum atomic E-state index is -4.85. The Kier molecular flexibility index (Phi) is 6.46. The van der Waals surface area contributed by atoms with E-state index in [9.17, 15) is 23.1 Å². The zero-order valence-corrected chi connectivity index (χ0v) is 14.7. The number of ether oxygens (including phenoxy) is 1. The summed E-state index contributed by atoms with van der Waals surface area (Å²) in [7, 11) is 1.29. The van der Waals surface area contributed by atoms with E-state index in [4.69, 9.17) is 11.6 Å². The molecule has 0 bridgehead atoms. The van der Waals surface area contributed by atoms with Crippen LogP contribution in [0.1, 0.15) is 5.56 Å². The molecule has 2 rings (SSSR count). The fraction of sp³-hybridized carbons (Fsp3) is 0.111. The predicted molar refractivity (Wildman–Crippen MR) is 97.2 cm³/mol. The van der Waals surface area contributed by atoms with E-state index in [0.717, 1.165) is 12.1 Å². The van der Waals surface area contributed by atoms with Gasteiger partial charge in [0, 0.05) is 29.0 Å². The molecule has 0 aromatic heterocycles. The van der Waals surface area contributed by atoms with E-state index >= 15 is 0 Å². The van der Waals surface area contributed by atoms with Crippen molar-refractivity contribution in [1.82, 2.24) is 0 Å². The lowest BCUT2D eigenvalue weighted by Gasteiger charge is -2.14. The minimum Gasteiger partial charge on any atom is -0.477 e. The largest absolute Gasteiger partial charge is 0.573 e. The van der Waals surface area contributed by atoms with Gasteiger partial charge >= 0.3 is 12.3 Å². The molecule has 0 aliphatic carbocycles. The van der Waals surface area contributed by atoms with E-state index in [1.165, 1.54) is 25.3 Å². The predicted octanol–water partition coefficient (Wildman–Crippen LogP) is 4.85. The van der Waals surface area contributed by atoms with Crippen molar-refractivity contribution in [3.8, 4) is 5.75 Å². The molecule has 2 aromatic carbocycles. The first-order valence-electron chi connectivity index (χ1n) is 7.48. The first-order valence-corrected chi connectivity index (χ1v) is 7.86. The zero-order valence-electron chi connectivity index (χ0n) is 13.9.